The molecule has 0 aromatic carbocycles. The number of hydrogen-bond acceptors (Lipinski definition) is 2. The Kier molecular flexibility index (Phi) is 5.00. The molecule has 14 heavy (non-hydrogen) atoms. The lowest BCUT2D eigenvalue weighted by atomic mass is 9.91. The Morgan fingerprint density at radius 3 is 3.00 bits per heavy atom. The number of aliphatic hydroxyl groups is 1. The summed E-state index contributed by atoms with van der Waals surface area (Å²) >= 11 is 0. The molecular weight excluding hydrogens is 176 g/mol. The van der Waals surface area contributed by atoms with Gasteiger partial charge in [-0.1, -0.05) is 6.92 Å². The van der Waals surface area contributed by atoms with Crippen molar-refractivity contribution in [3.05, 3.63) is 0 Å². The minimum atomic E-state index is -0.233. The lowest BCUT2D eigenvalue weighted by Crippen LogP contribution is -2.27. The molecule has 2 nitrogen and oxygen atoms in total. The minimum Gasteiger partial charge on any atom is -0.393 e. The molecule has 0 aromatic rings. The predicted octanol–water partition coefficient (Wildman–Crippen LogP) is 1.97. The Labute approximate surface area is 86.7 Å². The average Bonchev–Trinajstić information content (AvgIpc) is 2.65. The highest BCUT2D eigenvalue weighted by molar-refractivity contribution is 4.96. The van der Waals surface area contributed by atoms with Gasteiger partial charge in [0.25, 0.3) is 0 Å². The van der Waals surface area contributed by atoms with E-state index in [1.807, 2.05) is 6.92 Å². The molecule has 0 amide bonds. The third-order valence-corrected chi connectivity index (χ3v) is 2.90. The van der Waals surface area contributed by atoms with E-state index in [0.29, 0.717) is 5.92 Å². The van der Waals surface area contributed by atoms with Gasteiger partial charge in [-0.15, -0.1) is 11.8 Å². The fourth-order valence-corrected chi connectivity index (χ4v) is 2.08. The summed E-state index contributed by atoms with van der Waals surface area (Å²) in [4.78, 5) is 0. The summed E-state index contributed by atoms with van der Waals surface area (Å²) in [6.07, 6.45) is 3.61. The first-order valence-corrected chi connectivity index (χ1v) is 5.48. The molecule has 0 aliphatic carbocycles. The molecule has 80 valence electrons. The van der Waals surface area contributed by atoms with Crippen molar-refractivity contribution in [1.82, 2.24) is 0 Å². The molecule has 1 fully saturated rings. The van der Waals surface area contributed by atoms with Crippen LogP contribution in [0.3, 0.4) is 0 Å². The number of rotatable bonds is 4. The Bertz CT molecular complexity index is 214. The SMILES string of the molecule is CC#CCCC(O)C1CCOC1CC. The van der Waals surface area contributed by atoms with E-state index in [1.165, 1.54) is 0 Å². The third-order valence-electron chi connectivity index (χ3n) is 2.90. The van der Waals surface area contributed by atoms with Crippen LogP contribution in [0.5, 0.6) is 0 Å². The molecule has 1 heterocycles. The van der Waals surface area contributed by atoms with Gasteiger partial charge in [-0.2, -0.15) is 0 Å². The first-order valence-electron chi connectivity index (χ1n) is 5.48. The summed E-state index contributed by atoms with van der Waals surface area (Å²) in [7, 11) is 0. The Hall–Kier alpha value is -0.520. The van der Waals surface area contributed by atoms with Crippen molar-refractivity contribution >= 4 is 0 Å². The highest BCUT2D eigenvalue weighted by Crippen LogP contribution is 2.28. The summed E-state index contributed by atoms with van der Waals surface area (Å²) in [5.74, 6) is 6.16. The molecule has 3 unspecified atom stereocenters. The molecule has 1 rings (SSSR count). The Balaban J connectivity index is 2.33. The van der Waals surface area contributed by atoms with Crippen LogP contribution in [-0.2, 0) is 4.74 Å². The van der Waals surface area contributed by atoms with Gasteiger partial charge in [0, 0.05) is 18.9 Å². The summed E-state index contributed by atoms with van der Waals surface area (Å²) < 4.78 is 5.55. The summed E-state index contributed by atoms with van der Waals surface area (Å²) in [6, 6.07) is 0. The van der Waals surface area contributed by atoms with Crippen LogP contribution < -0.4 is 0 Å². The van der Waals surface area contributed by atoms with Crippen molar-refractivity contribution in [2.45, 2.75) is 51.7 Å². The number of aliphatic hydroxyl groups excluding tert-OH is 1. The number of hydrogen-bond donors (Lipinski definition) is 1. The van der Waals surface area contributed by atoms with Gasteiger partial charge >= 0.3 is 0 Å². The van der Waals surface area contributed by atoms with Gasteiger partial charge in [0.15, 0.2) is 0 Å². The molecule has 0 bridgehead atoms. The van der Waals surface area contributed by atoms with Crippen LogP contribution in [0.15, 0.2) is 0 Å². The second-order valence-corrected chi connectivity index (χ2v) is 3.80. The molecule has 1 aliphatic heterocycles. The van der Waals surface area contributed by atoms with Crippen molar-refractivity contribution in [3.63, 3.8) is 0 Å². The lowest BCUT2D eigenvalue weighted by Gasteiger charge is -2.21. The second kappa shape index (κ2) is 6.06. The van der Waals surface area contributed by atoms with Gasteiger partial charge in [0.2, 0.25) is 0 Å². The number of ether oxygens (including phenoxy) is 1. The highest BCUT2D eigenvalue weighted by atomic mass is 16.5. The molecular formula is C12H20O2. The van der Waals surface area contributed by atoms with Crippen molar-refractivity contribution in [2.75, 3.05) is 6.61 Å². The van der Waals surface area contributed by atoms with Crippen molar-refractivity contribution < 1.29 is 9.84 Å². The maximum absolute atomic E-state index is 9.93. The molecule has 0 radical (unpaired) electrons. The van der Waals surface area contributed by atoms with Crippen molar-refractivity contribution in [3.8, 4) is 11.8 Å². The van der Waals surface area contributed by atoms with Gasteiger partial charge < -0.3 is 9.84 Å². The van der Waals surface area contributed by atoms with Crippen molar-refractivity contribution in [1.29, 1.82) is 0 Å². The summed E-state index contributed by atoms with van der Waals surface area (Å²) in [5, 5.41) is 9.93. The van der Waals surface area contributed by atoms with Crippen LogP contribution in [-0.4, -0.2) is 23.9 Å². The zero-order valence-electron chi connectivity index (χ0n) is 9.12. The lowest BCUT2D eigenvalue weighted by molar-refractivity contribution is 0.0285. The highest BCUT2D eigenvalue weighted by Gasteiger charge is 2.31. The van der Waals surface area contributed by atoms with E-state index >= 15 is 0 Å². The van der Waals surface area contributed by atoms with Gasteiger partial charge in [-0.3, -0.25) is 0 Å². The second-order valence-electron chi connectivity index (χ2n) is 3.80. The first kappa shape index (κ1) is 11.6. The third kappa shape index (κ3) is 3.01. The van der Waals surface area contributed by atoms with E-state index < -0.39 is 0 Å². The van der Waals surface area contributed by atoms with E-state index in [1.54, 1.807) is 0 Å². The fraction of sp³-hybridized carbons (Fsp3) is 0.833. The predicted molar refractivity (Wildman–Crippen MR) is 56.8 cm³/mol. The smallest absolute Gasteiger partial charge is 0.0626 e. The monoisotopic (exact) mass is 196 g/mol. The first-order chi connectivity index (χ1) is 6.79. The van der Waals surface area contributed by atoms with E-state index in [4.69, 9.17) is 4.74 Å². The maximum atomic E-state index is 9.93. The van der Waals surface area contributed by atoms with Gasteiger partial charge in [0.1, 0.15) is 0 Å². The van der Waals surface area contributed by atoms with E-state index in [2.05, 4.69) is 18.8 Å². The van der Waals surface area contributed by atoms with Gasteiger partial charge in [-0.05, 0) is 26.2 Å². The quantitative estimate of drug-likeness (QED) is 0.696. The molecule has 2 heteroatoms. The zero-order valence-corrected chi connectivity index (χ0v) is 9.12. The maximum Gasteiger partial charge on any atom is 0.0626 e. The van der Waals surface area contributed by atoms with Crippen LogP contribution in [0.25, 0.3) is 0 Å². The van der Waals surface area contributed by atoms with E-state index in [0.717, 1.165) is 32.3 Å². The standard InChI is InChI=1S/C12H20O2/c1-3-5-6-7-11(13)10-8-9-14-12(10)4-2/h10-13H,4,6-9H2,1-2H3. The Morgan fingerprint density at radius 2 is 2.36 bits per heavy atom. The van der Waals surface area contributed by atoms with Gasteiger partial charge in [0.05, 0.1) is 12.2 Å². The molecule has 0 saturated carbocycles. The van der Waals surface area contributed by atoms with Crippen LogP contribution in [0.2, 0.25) is 0 Å². The minimum absolute atomic E-state index is 0.233. The molecule has 0 aromatic heterocycles. The average molecular weight is 196 g/mol. The summed E-state index contributed by atoms with van der Waals surface area (Å²) in [6.45, 7) is 4.75. The van der Waals surface area contributed by atoms with Gasteiger partial charge in [-0.25, -0.2) is 0 Å². The van der Waals surface area contributed by atoms with Crippen LogP contribution in [0.1, 0.15) is 39.5 Å². The largest absolute Gasteiger partial charge is 0.393 e. The fourth-order valence-electron chi connectivity index (χ4n) is 2.08. The normalized spacial score (nSPS) is 28.2. The van der Waals surface area contributed by atoms with E-state index in [-0.39, 0.29) is 12.2 Å². The summed E-state index contributed by atoms with van der Waals surface area (Å²) in [5.41, 5.74) is 0. The Morgan fingerprint density at radius 1 is 1.57 bits per heavy atom. The topological polar surface area (TPSA) is 29.5 Å². The molecule has 1 N–H and O–H groups in total. The molecule has 1 saturated heterocycles. The molecule has 3 atom stereocenters. The van der Waals surface area contributed by atoms with Crippen molar-refractivity contribution in [2.24, 2.45) is 5.92 Å². The molecule has 1 aliphatic rings. The zero-order chi connectivity index (χ0) is 10.4. The van der Waals surface area contributed by atoms with Crippen LogP contribution in [0.4, 0.5) is 0 Å². The molecule has 0 spiro atoms. The van der Waals surface area contributed by atoms with E-state index in [9.17, 15) is 5.11 Å². The van der Waals surface area contributed by atoms with Crippen LogP contribution >= 0.6 is 0 Å². The van der Waals surface area contributed by atoms with Crippen LogP contribution in [0, 0.1) is 17.8 Å².